The molecule has 0 bridgehead atoms. The fraction of sp³-hybridized carbons (Fsp3) is 0.368. The van der Waals surface area contributed by atoms with Crippen LogP contribution < -0.4 is 9.47 Å². The maximum atomic E-state index is 14.7. The molecule has 2 unspecified atom stereocenters. The monoisotopic (exact) mass is 528 g/mol. The molecule has 5 nitrogen and oxygen atoms in total. The standard InChI is InChI=1S/C19H20ClF2IO5/c20-9-15(24)10-26-17-5-1-13(2-6-17)19(21,22)14-3-7-18(8-4-14)27-11-16(25)12-28-23/h1-8,15-16,24-25H,9-12H2. The zero-order chi connectivity index (χ0) is 20.6. The Bertz CT molecular complexity index is 715. The van der Waals surface area contributed by atoms with Crippen LogP contribution >= 0.6 is 34.6 Å². The highest BCUT2D eigenvalue weighted by molar-refractivity contribution is 14.1. The van der Waals surface area contributed by atoms with Crippen molar-refractivity contribution < 1.29 is 31.5 Å². The van der Waals surface area contributed by atoms with E-state index in [0.29, 0.717) is 11.5 Å². The third kappa shape index (κ3) is 6.70. The predicted octanol–water partition coefficient (Wildman–Crippen LogP) is 3.91. The number of aliphatic hydroxyl groups excluding tert-OH is 2. The molecule has 0 fully saturated rings. The van der Waals surface area contributed by atoms with Crippen molar-refractivity contribution in [2.75, 3.05) is 25.7 Å². The Balaban J connectivity index is 2.01. The normalized spacial score (nSPS) is 13.8. The molecule has 0 aliphatic rings. The van der Waals surface area contributed by atoms with Gasteiger partial charge in [0.1, 0.15) is 59.9 Å². The molecule has 0 saturated carbocycles. The van der Waals surface area contributed by atoms with Crippen LogP contribution in [0, 0.1) is 0 Å². The van der Waals surface area contributed by atoms with Crippen molar-refractivity contribution in [3.63, 3.8) is 0 Å². The average Bonchev–Trinajstić information content (AvgIpc) is 2.71. The van der Waals surface area contributed by atoms with Crippen LogP contribution in [0.25, 0.3) is 0 Å². The molecule has 0 radical (unpaired) electrons. The average molecular weight is 529 g/mol. The number of hydrogen-bond acceptors (Lipinski definition) is 5. The lowest BCUT2D eigenvalue weighted by Gasteiger charge is -2.18. The minimum atomic E-state index is -3.21. The smallest absolute Gasteiger partial charge is 0.298 e. The fourth-order valence-electron chi connectivity index (χ4n) is 2.24. The first-order valence-corrected chi connectivity index (χ1v) is 9.78. The summed E-state index contributed by atoms with van der Waals surface area (Å²) < 4.78 is 44.9. The Morgan fingerprint density at radius 1 is 0.821 bits per heavy atom. The van der Waals surface area contributed by atoms with Crippen molar-refractivity contribution in [3.8, 4) is 11.5 Å². The Labute approximate surface area is 180 Å². The quantitative estimate of drug-likeness (QED) is 0.342. The van der Waals surface area contributed by atoms with Crippen LogP contribution in [0.1, 0.15) is 11.1 Å². The summed E-state index contributed by atoms with van der Waals surface area (Å²) in [5.74, 6) is -2.45. The molecule has 0 spiro atoms. The number of ether oxygens (including phenoxy) is 2. The molecule has 154 valence electrons. The van der Waals surface area contributed by atoms with E-state index in [0.717, 1.165) is 0 Å². The summed E-state index contributed by atoms with van der Waals surface area (Å²) in [7, 11) is 0. The highest BCUT2D eigenvalue weighted by atomic mass is 127. The molecule has 0 aromatic heterocycles. The number of alkyl halides is 3. The molecule has 0 saturated heterocycles. The Hall–Kier alpha value is -1.20. The van der Waals surface area contributed by atoms with Gasteiger partial charge >= 0.3 is 0 Å². The van der Waals surface area contributed by atoms with E-state index in [1.807, 2.05) is 0 Å². The molecule has 9 heteroatoms. The van der Waals surface area contributed by atoms with Crippen LogP contribution in [-0.2, 0) is 8.99 Å². The van der Waals surface area contributed by atoms with E-state index >= 15 is 0 Å². The maximum Gasteiger partial charge on any atom is 0.298 e. The topological polar surface area (TPSA) is 68.2 Å². The van der Waals surface area contributed by atoms with Gasteiger partial charge in [0.2, 0.25) is 0 Å². The third-order valence-electron chi connectivity index (χ3n) is 3.75. The lowest BCUT2D eigenvalue weighted by atomic mass is 10.0. The second-order valence-corrected chi connectivity index (χ2v) is 6.91. The molecule has 2 aromatic rings. The SMILES string of the molecule is OC(CCl)COc1ccc(C(F)(F)c2ccc(OCC(O)COI)cc2)cc1. The van der Waals surface area contributed by atoms with Gasteiger partial charge < -0.3 is 22.8 Å². The van der Waals surface area contributed by atoms with Gasteiger partial charge in [0, 0.05) is 11.1 Å². The van der Waals surface area contributed by atoms with Crippen molar-refractivity contribution in [1.29, 1.82) is 0 Å². The number of rotatable bonds is 11. The van der Waals surface area contributed by atoms with E-state index < -0.39 is 18.1 Å². The first-order chi connectivity index (χ1) is 13.4. The van der Waals surface area contributed by atoms with Gasteiger partial charge in [-0.2, -0.15) is 8.78 Å². The largest absolute Gasteiger partial charge is 0.491 e. The summed E-state index contributed by atoms with van der Waals surface area (Å²) in [6, 6.07) is 10.8. The lowest BCUT2D eigenvalue weighted by Crippen LogP contribution is -2.21. The van der Waals surface area contributed by atoms with Crippen LogP contribution in [0.15, 0.2) is 48.5 Å². The Kier molecular flexibility index (Phi) is 9.16. The van der Waals surface area contributed by atoms with Gasteiger partial charge in [-0.1, -0.05) is 0 Å². The Morgan fingerprint density at radius 2 is 1.25 bits per heavy atom. The number of halogens is 4. The molecule has 0 amide bonds. The molecule has 0 aliphatic carbocycles. The Morgan fingerprint density at radius 3 is 1.64 bits per heavy atom. The van der Waals surface area contributed by atoms with Gasteiger partial charge in [-0.3, -0.25) is 0 Å². The molecule has 2 rings (SSSR count). The van der Waals surface area contributed by atoms with Gasteiger partial charge in [-0.05, 0) is 48.5 Å². The third-order valence-corrected chi connectivity index (χ3v) is 4.47. The zero-order valence-corrected chi connectivity index (χ0v) is 17.6. The minimum absolute atomic E-state index is 0.00137. The first-order valence-electron chi connectivity index (χ1n) is 8.37. The van der Waals surface area contributed by atoms with Crippen LogP contribution in [0.5, 0.6) is 11.5 Å². The fourth-order valence-corrected chi connectivity index (χ4v) is 2.74. The molecule has 0 aliphatic heterocycles. The highest BCUT2D eigenvalue weighted by Gasteiger charge is 2.33. The number of hydrogen-bond donors (Lipinski definition) is 2. The summed E-state index contributed by atoms with van der Waals surface area (Å²) in [6.07, 6.45) is -1.62. The van der Waals surface area contributed by atoms with E-state index in [-0.39, 0.29) is 36.8 Å². The van der Waals surface area contributed by atoms with Gasteiger partial charge in [0.05, 0.1) is 12.5 Å². The van der Waals surface area contributed by atoms with Crippen molar-refractivity contribution in [2.24, 2.45) is 0 Å². The second-order valence-electron chi connectivity index (χ2n) is 5.98. The molecule has 2 N–H and O–H groups in total. The molecule has 2 atom stereocenters. The van der Waals surface area contributed by atoms with Crippen LogP contribution in [-0.4, -0.2) is 48.1 Å². The summed E-state index contributed by atoms with van der Waals surface area (Å²) in [5.41, 5.74) is -0.386. The van der Waals surface area contributed by atoms with E-state index in [4.69, 9.17) is 24.1 Å². The van der Waals surface area contributed by atoms with E-state index in [9.17, 15) is 19.0 Å². The summed E-state index contributed by atoms with van der Waals surface area (Å²) >= 11 is 7.14. The van der Waals surface area contributed by atoms with Crippen molar-refractivity contribution in [2.45, 2.75) is 18.1 Å². The van der Waals surface area contributed by atoms with Gasteiger partial charge in [-0.25, -0.2) is 0 Å². The number of aliphatic hydroxyl groups is 2. The van der Waals surface area contributed by atoms with Crippen molar-refractivity contribution in [1.82, 2.24) is 0 Å². The highest BCUT2D eigenvalue weighted by Crippen LogP contribution is 2.37. The lowest BCUT2D eigenvalue weighted by molar-refractivity contribution is 0.0425. The maximum absolute atomic E-state index is 14.7. The molecule has 28 heavy (non-hydrogen) atoms. The van der Waals surface area contributed by atoms with Crippen LogP contribution in [0.4, 0.5) is 8.78 Å². The van der Waals surface area contributed by atoms with E-state index in [1.54, 1.807) is 23.0 Å². The van der Waals surface area contributed by atoms with Gasteiger partial charge in [0.15, 0.2) is 0 Å². The summed E-state index contributed by atoms with van der Waals surface area (Å²) in [4.78, 5) is 0. The second kappa shape index (κ2) is 11.1. The van der Waals surface area contributed by atoms with Gasteiger partial charge in [-0.15, -0.1) is 11.6 Å². The van der Waals surface area contributed by atoms with E-state index in [2.05, 4.69) is 0 Å². The molecular formula is C19H20ClF2IO5. The van der Waals surface area contributed by atoms with Crippen LogP contribution in [0.2, 0.25) is 0 Å². The van der Waals surface area contributed by atoms with Crippen LogP contribution in [0.3, 0.4) is 0 Å². The van der Waals surface area contributed by atoms with Gasteiger partial charge in [0.25, 0.3) is 5.92 Å². The summed E-state index contributed by atoms with van der Waals surface area (Å²) in [6.45, 7) is 0.0965. The molecule has 2 aromatic carbocycles. The summed E-state index contributed by atoms with van der Waals surface area (Å²) in [5, 5.41) is 18.9. The number of benzene rings is 2. The molecular weight excluding hydrogens is 509 g/mol. The van der Waals surface area contributed by atoms with Crippen molar-refractivity contribution in [3.05, 3.63) is 59.7 Å². The van der Waals surface area contributed by atoms with Crippen molar-refractivity contribution >= 4 is 34.6 Å². The predicted molar refractivity (Wildman–Crippen MR) is 110 cm³/mol. The minimum Gasteiger partial charge on any atom is -0.491 e. The molecule has 0 heterocycles. The zero-order valence-electron chi connectivity index (χ0n) is 14.7. The first kappa shape index (κ1) is 23.1. The van der Waals surface area contributed by atoms with E-state index in [1.165, 1.54) is 48.5 Å².